The monoisotopic (exact) mass is 314 g/mol. The highest BCUT2D eigenvalue weighted by molar-refractivity contribution is 9.10. The minimum absolute atomic E-state index is 0.0318. The quantitative estimate of drug-likeness (QED) is 0.645. The van der Waals surface area contributed by atoms with E-state index in [0.717, 1.165) is 26.8 Å². The van der Waals surface area contributed by atoms with Gasteiger partial charge in [-0.2, -0.15) is 0 Å². The molecule has 0 radical (unpaired) electrons. The van der Waals surface area contributed by atoms with Crippen molar-refractivity contribution >= 4 is 27.0 Å². The lowest BCUT2D eigenvalue weighted by Crippen LogP contribution is -2.15. The maximum atomic E-state index is 11.7. The van der Waals surface area contributed by atoms with E-state index in [1.807, 2.05) is 36.4 Å². The molecule has 2 aromatic heterocycles. The predicted octanol–water partition coefficient (Wildman–Crippen LogP) is 3.36. The lowest BCUT2D eigenvalue weighted by molar-refractivity contribution is 0.903. The Morgan fingerprint density at radius 1 is 1.11 bits per heavy atom. The Balaban J connectivity index is 2.36. The van der Waals surface area contributed by atoms with Crippen LogP contribution in [-0.2, 0) is 7.05 Å². The average molecular weight is 315 g/mol. The standard InChI is InChI=1S/C15H11BrN2O/c1-18-13-9-11(10-5-3-2-4-6-10)15(16)17-12(13)7-8-14(18)19/h2-9H,1H3. The zero-order valence-electron chi connectivity index (χ0n) is 10.3. The topological polar surface area (TPSA) is 34.9 Å². The smallest absolute Gasteiger partial charge is 0.250 e. The maximum Gasteiger partial charge on any atom is 0.250 e. The summed E-state index contributed by atoms with van der Waals surface area (Å²) in [6.45, 7) is 0. The van der Waals surface area contributed by atoms with Crippen LogP contribution in [0.2, 0.25) is 0 Å². The molecule has 0 aliphatic rings. The zero-order chi connectivity index (χ0) is 13.4. The molecule has 0 aliphatic heterocycles. The van der Waals surface area contributed by atoms with Crippen molar-refractivity contribution in [2.45, 2.75) is 0 Å². The van der Waals surface area contributed by atoms with Crippen LogP contribution in [0, 0.1) is 0 Å². The number of pyridine rings is 2. The molecule has 0 N–H and O–H groups in total. The van der Waals surface area contributed by atoms with Gasteiger partial charge < -0.3 is 4.57 Å². The zero-order valence-corrected chi connectivity index (χ0v) is 11.9. The third-order valence-electron chi connectivity index (χ3n) is 3.14. The summed E-state index contributed by atoms with van der Waals surface area (Å²) < 4.78 is 2.39. The van der Waals surface area contributed by atoms with Gasteiger partial charge in [0.05, 0.1) is 11.0 Å². The van der Waals surface area contributed by atoms with E-state index in [9.17, 15) is 4.79 Å². The number of hydrogen-bond donors (Lipinski definition) is 0. The Morgan fingerprint density at radius 3 is 2.58 bits per heavy atom. The molecule has 3 nitrogen and oxygen atoms in total. The third kappa shape index (κ3) is 2.08. The molecule has 4 heteroatoms. The van der Waals surface area contributed by atoms with Gasteiger partial charge in [0.25, 0.3) is 5.56 Å². The van der Waals surface area contributed by atoms with Crippen molar-refractivity contribution in [1.82, 2.24) is 9.55 Å². The van der Waals surface area contributed by atoms with Crippen LogP contribution in [0.25, 0.3) is 22.2 Å². The highest BCUT2D eigenvalue weighted by atomic mass is 79.9. The summed E-state index contributed by atoms with van der Waals surface area (Å²) in [5.41, 5.74) is 3.65. The molecular weight excluding hydrogens is 304 g/mol. The number of aryl methyl sites for hydroxylation is 1. The molecule has 2 heterocycles. The lowest BCUT2D eigenvalue weighted by Gasteiger charge is -2.09. The van der Waals surface area contributed by atoms with Crippen molar-refractivity contribution in [2.75, 3.05) is 0 Å². The molecule has 0 saturated carbocycles. The summed E-state index contributed by atoms with van der Waals surface area (Å²) in [6.07, 6.45) is 0. The summed E-state index contributed by atoms with van der Waals surface area (Å²) >= 11 is 3.50. The first-order valence-electron chi connectivity index (χ1n) is 5.88. The Labute approximate surface area is 118 Å². The fourth-order valence-corrected chi connectivity index (χ4v) is 2.62. The van der Waals surface area contributed by atoms with Gasteiger partial charge in [-0.1, -0.05) is 30.3 Å². The van der Waals surface area contributed by atoms with Crippen LogP contribution >= 0.6 is 15.9 Å². The molecule has 0 unspecified atom stereocenters. The number of halogens is 1. The average Bonchev–Trinajstić information content (AvgIpc) is 2.44. The predicted molar refractivity (Wildman–Crippen MR) is 80.1 cm³/mol. The number of nitrogens with zero attached hydrogens (tertiary/aromatic N) is 2. The van der Waals surface area contributed by atoms with Crippen LogP contribution in [0.15, 0.2) is 57.9 Å². The minimum atomic E-state index is -0.0318. The van der Waals surface area contributed by atoms with E-state index in [-0.39, 0.29) is 5.56 Å². The SMILES string of the molecule is Cn1c(=O)ccc2nc(Br)c(-c3ccccc3)cc21. The fourth-order valence-electron chi connectivity index (χ4n) is 2.09. The summed E-state index contributed by atoms with van der Waals surface area (Å²) in [4.78, 5) is 16.2. The normalized spacial score (nSPS) is 10.8. The van der Waals surface area contributed by atoms with Crippen molar-refractivity contribution in [3.05, 3.63) is 63.5 Å². The Kier molecular flexibility index (Phi) is 2.95. The van der Waals surface area contributed by atoms with E-state index >= 15 is 0 Å². The second-order valence-electron chi connectivity index (χ2n) is 4.33. The van der Waals surface area contributed by atoms with Gasteiger partial charge in [0.1, 0.15) is 4.60 Å². The molecule has 94 valence electrons. The van der Waals surface area contributed by atoms with Crippen LogP contribution in [0.4, 0.5) is 0 Å². The molecule has 0 fully saturated rings. The largest absolute Gasteiger partial charge is 0.310 e. The molecule has 0 atom stereocenters. The third-order valence-corrected chi connectivity index (χ3v) is 3.75. The van der Waals surface area contributed by atoms with Crippen molar-refractivity contribution < 1.29 is 0 Å². The van der Waals surface area contributed by atoms with E-state index in [1.165, 1.54) is 6.07 Å². The molecule has 0 saturated heterocycles. The van der Waals surface area contributed by atoms with Crippen LogP contribution in [0.1, 0.15) is 0 Å². The van der Waals surface area contributed by atoms with Gasteiger partial charge in [-0.3, -0.25) is 4.79 Å². The molecule has 19 heavy (non-hydrogen) atoms. The molecule has 0 bridgehead atoms. The fraction of sp³-hybridized carbons (Fsp3) is 0.0667. The second kappa shape index (κ2) is 4.63. The summed E-state index contributed by atoms with van der Waals surface area (Å²) in [6, 6.07) is 15.3. The maximum absolute atomic E-state index is 11.7. The van der Waals surface area contributed by atoms with Crippen LogP contribution in [-0.4, -0.2) is 9.55 Å². The van der Waals surface area contributed by atoms with Gasteiger partial charge in [0.15, 0.2) is 0 Å². The first-order valence-corrected chi connectivity index (χ1v) is 6.68. The first-order chi connectivity index (χ1) is 9.16. The van der Waals surface area contributed by atoms with Gasteiger partial charge in [-0.15, -0.1) is 0 Å². The molecule has 3 rings (SSSR count). The summed E-state index contributed by atoms with van der Waals surface area (Å²) in [7, 11) is 1.76. The summed E-state index contributed by atoms with van der Waals surface area (Å²) in [5.74, 6) is 0. The van der Waals surface area contributed by atoms with E-state index < -0.39 is 0 Å². The summed E-state index contributed by atoms with van der Waals surface area (Å²) in [5, 5.41) is 0. The van der Waals surface area contributed by atoms with Crippen molar-refractivity contribution in [3.8, 4) is 11.1 Å². The Morgan fingerprint density at radius 2 is 1.84 bits per heavy atom. The van der Waals surface area contributed by atoms with Crippen LogP contribution in [0.3, 0.4) is 0 Å². The van der Waals surface area contributed by atoms with Crippen LogP contribution < -0.4 is 5.56 Å². The molecule has 1 aromatic carbocycles. The van der Waals surface area contributed by atoms with Crippen LogP contribution in [0.5, 0.6) is 0 Å². The van der Waals surface area contributed by atoms with Gasteiger partial charge in [-0.05, 0) is 33.6 Å². The van der Waals surface area contributed by atoms with Crippen molar-refractivity contribution in [3.63, 3.8) is 0 Å². The number of rotatable bonds is 1. The number of benzene rings is 1. The Hall–Kier alpha value is -1.94. The molecule has 0 spiro atoms. The molecule has 0 amide bonds. The van der Waals surface area contributed by atoms with Crippen molar-refractivity contribution in [1.29, 1.82) is 0 Å². The van der Waals surface area contributed by atoms with Gasteiger partial charge in [0, 0.05) is 18.7 Å². The molecular formula is C15H11BrN2O. The number of fused-ring (bicyclic) bond motifs is 1. The second-order valence-corrected chi connectivity index (χ2v) is 5.08. The number of aromatic nitrogens is 2. The number of hydrogen-bond acceptors (Lipinski definition) is 2. The lowest BCUT2D eigenvalue weighted by atomic mass is 10.1. The molecule has 0 aliphatic carbocycles. The van der Waals surface area contributed by atoms with E-state index in [0.29, 0.717) is 0 Å². The molecule has 3 aromatic rings. The van der Waals surface area contributed by atoms with E-state index in [4.69, 9.17) is 0 Å². The Bertz CT molecular complexity index is 809. The van der Waals surface area contributed by atoms with Gasteiger partial charge >= 0.3 is 0 Å². The highest BCUT2D eigenvalue weighted by Crippen LogP contribution is 2.29. The van der Waals surface area contributed by atoms with E-state index in [2.05, 4.69) is 20.9 Å². The highest BCUT2D eigenvalue weighted by Gasteiger charge is 2.08. The van der Waals surface area contributed by atoms with E-state index in [1.54, 1.807) is 17.7 Å². The van der Waals surface area contributed by atoms with Gasteiger partial charge in [0.2, 0.25) is 0 Å². The minimum Gasteiger partial charge on any atom is -0.310 e. The van der Waals surface area contributed by atoms with Crippen molar-refractivity contribution in [2.24, 2.45) is 7.05 Å². The first kappa shape index (κ1) is 12.1. The van der Waals surface area contributed by atoms with Gasteiger partial charge in [-0.25, -0.2) is 4.98 Å².